The molecule has 0 bridgehead atoms. The molecule has 0 aliphatic rings. The highest BCUT2D eigenvalue weighted by Gasteiger charge is 2.01. The van der Waals surface area contributed by atoms with Gasteiger partial charge in [-0.2, -0.15) is 0 Å². The number of aryl methyl sites for hydroxylation is 1. The molecular weight excluding hydrogens is 152 g/mol. The standard InChI is InChI=1S/C9H8N2O/c1-6-2-10-3-7-4-11-5-8(12)9(6)7/h2-5,12H,1H3. The first-order chi connectivity index (χ1) is 5.79. The summed E-state index contributed by atoms with van der Waals surface area (Å²) >= 11 is 0. The van der Waals surface area contributed by atoms with Crippen LogP contribution in [-0.4, -0.2) is 15.1 Å². The number of rotatable bonds is 0. The van der Waals surface area contributed by atoms with Gasteiger partial charge in [0.05, 0.1) is 6.20 Å². The van der Waals surface area contributed by atoms with Crippen molar-refractivity contribution in [3.8, 4) is 5.75 Å². The molecule has 0 aliphatic heterocycles. The third-order valence-corrected chi connectivity index (χ3v) is 1.83. The van der Waals surface area contributed by atoms with Crippen LogP contribution in [0, 0.1) is 6.92 Å². The summed E-state index contributed by atoms with van der Waals surface area (Å²) in [6.07, 6.45) is 6.54. The number of fused-ring (bicyclic) bond motifs is 1. The summed E-state index contributed by atoms with van der Waals surface area (Å²) in [7, 11) is 0. The van der Waals surface area contributed by atoms with Crippen LogP contribution in [0.5, 0.6) is 5.75 Å². The first-order valence-electron chi connectivity index (χ1n) is 3.66. The topological polar surface area (TPSA) is 46.0 Å². The van der Waals surface area contributed by atoms with E-state index in [4.69, 9.17) is 0 Å². The van der Waals surface area contributed by atoms with Gasteiger partial charge in [-0.1, -0.05) is 0 Å². The van der Waals surface area contributed by atoms with E-state index in [2.05, 4.69) is 9.97 Å². The van der Waals surface area contributed by atoms with Crippen molar-refractivity contribution in [2.75, 3.05) is 0 Å². The minimum atomic E-state index is 0.215. The fourth-order valence-electron chi connectivity index (χ4n) is 1.29. The second-order valence-corrected chi connectivity index (χ2v) is 2.71. The minimum Gasteiger partial charge on any atom is -0.506 e. The first-order valence-corrected chi connectivity index (χ1v) is 3.66. The molecule has 0 fully saturated rings. The maximum absolute atomic E-state index is 9.46. The van der Waals surface area contributed by atoms with E-state index in [-0.39, 0.29) is 5.75 Å². The Bertz CT molecular complexity index is 389. The van der Waals surface area contributed by atoms with Crippen LogP contribution in [0.3, 0.4) is 0 Å². The molecule has 2 rings (SSSR count). The molecule has 0 aliphatic carbocycles. The lowest BCUT2D eigenvalue weighted by molar-refractivity contribution is 0.479. The van der Waals surface area contributed by atoms with Gasteiger partial charge in [-0.05, 0) is 12.5 Å². The molecule has 0 atom stereocenters. The molecule has 0 aromatic carbocycles. The summed E-state index contributed by atoms with van der Waals surface area (Å²) in [5, 5.41) is 11.2. The quantitative estimate of drug-likeness (QED) is 0.637. The smallest absolute Gasteiger partial charge is 0.142 e. The van der Waals surface area contributed by atoms with Crippen LogP contribution >= 0.6 is 0 Å². The number of nitrogens with zero attached hydrogens (tertiary/aromatic N) is 2. The van der Waals surface area contributed by atoms with Gasteiger partial charge in [-0.3, -0.25) is 9.97 Å². The summed E-state index contributed by atoms with van der Waals surface area (Å²) < 4.78 is 0. The summed E-state index contributed by atoms with van der Waals surface area (Å²) in [6, 6.07) is 0. The third-order valence-electron chi connectivity index (χ3n) is 1.83. The number of pyridine rings is 2. The summed E-state index contributed by atoms with van der Waals surface area (Å²) in [5.74, 6) is 0.215. The molecule has 3 nitrogen and oxygen atoms in total. The average molecular weight is 160 g/mol. The SMILES string of the molecule is Cc1cncc2cncc(O)c12. The lowest BCUT2D eigenvalue weighted by atomic mass is 10.1. The van der Waals surface area contributed by atoms with Gasteiger partial charge in [-0.25, -0.2) is 0 Å². The normalized spacial score (nSPS) is 10.4. The highest BCUT2D eigenvalue weighted by molar-refractivity contribution is 5.88. The van der Waals surface area contributed by atoms with Gasteiger partial charge in [0.2, 0.25) is 0 Å². The molecular formula is C9H8N2O. The number of aromatic hydroxyl groups is 1. The molecule has 60 valence electrons. The predicted octanol–water partition coefficient (Wildman–Crippen LogP) is 1.64. The van der Waals surface area contributed by atoms with Crippen LogP contribution in [0.1, 0.15) is 5.56 Å². The molecule has 0 saturated carbocycles. The summed E-state index contributed by atoms with van der Waals surface area (Å²) in [4.78, 5) is 7.87. The Hall–Kier alpha value is -1.64. The van der Waals surface area contributed by atoms with Gasteiger partial charge in [0.25, 0.3) is 0 Å². The Balaban J connectivity index is 2.96. The molecule has 2 heterocycles. The van der Waals surface area contributed by atoms with Gasteiger partial charge in [0.15, 0.2) is 0 Å². The molecule has 2 aromatic rings. The maximum atomic E-state index is 9.46. The zero-order valence-electron chi connectivity index (χ0n) is 6.65. The Kier molecular flexibility index (Phi) is 1.43. The van der Waals surface area contributed by atoms with E-state index in [0.29, 0.717) is 0 Å². The van der Waals surface area contributed by atoms with Crippen molar-refractivity contribution >= 4 is 10.8 Å². The lowest BCUT2D eigenvalue weighted by Crippen LogP contribution is -1.83. The molecule has 0 saturated heterocycles. The van der Waals surface area contributed by atoms with Crippen LogP contribution in [-0.2, 0) is 0 Å². The van der Waals surface area contributed by atoms with Crippen molar-refractivity contribution < 1.29 is 5.11 Å². The second kappa shape index (κ2) is 2.44. The lowest BCUT2D eigenvalue weighted by Gasteiger charge is -2.01. The van der Waals surface area contributed by atoms with Gasteiger partial charge >= 0.3 is 0 Å². The van der Waals surface area contributed by atoms with E-state index in [9.17, 15) is 5.11 Å². The first kappa shape index (κ1) is 7.03. The van der Waals surface area contributed by atoms with E-state index in [0.717, 1.165) is 16.3 Å². The molecule has 0 radical (unpaired) electrons. The van der Waals surface area contributed by atoms with E-state index < -0.39 is 0 Å². The van der Waals surface area contributed by atoms with Gasteiger partial charge in [0, 0.05) is 29.4 Å². The van der Waals surface area contributed by atoms with Gasteiger partial charge in [0.1, 0.15) is 5.75 Å². The molecule has 3 heteroatoms. The van der Waals surface area contributed by atoms with E-state index in [1.165, 1.54) is 6.20 Å². The Morgan fingerprint density at radius 1 is 1.08 bits per heavy atom. The fraction of sp³-hybridized carbons (Fsp3) is 0.111. The fourth-order valence-corrected chi connectivity index (χ4v) is 1.29. The van der Waals surface area contributed by atoms with Crippen molar-refractivity contribution in [2.24, 2.45) is 0 Å². The largest absolute Gasteiger partial charge is 0.506 e. The summed E-state index contributed by atoms with van der Waals surface area (Å²) in [5.41, 5.74) is 0.965. The third kappa shape index (κ3) is 0.906. The van der Waals surface area contributed by atoms with Crippen LogP contribution in [0.2, 0.25) is 0 Å². The maximum Gasteiger partial charge on any atom is 0.142 e. The second-order valence-electron chi connectivity index (χ2n) is 2.71. The molecule has 0 unspecified atom stereocenters. The molecule has 0 spiro atoms. The number of hydrogen-bond donors (Lipinski definition) is 1. The molecule has 1 N–H and O–H groups in total. The van der Waals surface area contributed by atoms with E-state index in [1.54, 1.807) is 18.6 Å². The van der Waals surface area contributed by atoms with Crippen molar-refractivity contribution in [1.29, 1.82) is 0 Å². The highest BCUT2D eigenvalue weighted by Crippen LogP contribution is 2.24. The van der Waals surface area contributed by atoms with Crippen LogP contribution < -0.4 is 0 Å². The van der Waals surface area contributed by atoms with Crippen LogP contribution in [0.25, 0.3) is 10.8 Å². The Labute approximate surface area is 69.7 Å². The van der Waals surface area contributed by atoms with Crippen molar-refractivity contribution in [3.05, 3.63) is 30.4 Å². The van der Waals surface area contributed by atoms with E-state index in [1.807, 2.05) is 6.92 Å². The van der Waals surface area contributed by atoms with E-state index >= 15 is 0 Å². The summed E-state index contributed by atoms with van der Waals surface area (Å²) in [6.45, 7) is 1.91. The Morgan fingerprint density at radius 2 is 1.75 bits per heavy atom. The number of aromatic nitrogens is 2. The van der Waals surface area contributed by atoms with Gasteiger partial charge < -0.3 is 5.11 Å². The number of hydrogen-bond acceptors (Lipinski definition) is 3. The zero-order chi connectivity index (χ0) is 8.55. The van der Waals surface area contributed by atoms with Crippen LogP contribution in [0.15, 0.2) is 24.8 Å². The average Bonchev–Trinajstić information content (AvgIpc) is 2.04. The zero-order valence-corrected chi connectivity index (χ0v) is 6.65. The van der Waals surface area contributed by atoms with Crippen LogP contribution in [0.4, 0.5) is 0 Å². The highest BCUT2D eigenvalue weighted by atomic mass is 16.3. The van der Waals surface area contributed by atoms with Crippen molar-refractivity contribution in [3.63, 3.8) is 0 Å². The minimum absolute atomic E-state index is 0.215. The van der Waals surface area contributed by atoms with Crippen molar-refractivity contribution in [2.45, 2.75) is 6.92 Å². The molecule has 2 aromatic heterocycles. The Morgan fingerprint density at radius 3 is 2.42 bits per heavy atom. The molecule has 0 amide bonds. The monoisotopic (exact) mass is 160 g/mol. The molecule has 12 heavy (non-hydrogen) atoms. The van der Waals surface area contributed by atoms with Crippen molar-refractivity contribution in [1.82, 2.24) is 9.97 Å². The van der Waals surface area contributed by atoms with Gasteiger partial charge in [-0.15, -0.1) is 0 Å². The predicted molar refractivity (Wildman–Crippen MR) is 45.9 cm³/mol.